The highest BCUT2D eigenvalue weighted by molar-refractivity contribution is 6.39. The Bertz CT molecular complexity index is 1600. The molecule has 1 atom stereocenters. The van der Waals surface area contributed by atoms with Crippen molar-refractivity contribution in [1.82, 2.24) is 4.90 Å². The summed E-state index contributed by atoms with van der Waals surface area (Å²) < 4.78 is 0. The molecule has 210 valence electrons. The van der Waals surface area contributed by atoms with Crippen LogP contribution in [0.2, 0.25) is 5.02 Å². The lowest BCUT2D eigenvalue weighted by Gasteiger charge is -2.56. The van der Waals surface area contributed by atoms with Gasteiger partial charge in [0.25, 0.3) is 11.8 Å². The van der Waals surface area contributed by atoms with E-state index in [-0.39, 0.29) is 6.42 Å². The molecule has 8 heteroatoms. The Morgan fingerprint density at radius 1 is 0.714 bits per heavy atom. The normalized spacial score (nSPS) is 20.1. The van der Waals surface area contributed by atoms with Gasteiger partial charge >= 0.3 is 6.03 Å². The summed E-state index contributed by atoms with van der Waals surface area (Å²) in [6.07, 6.45) is 0.164. The number of hydrogen-bond acceptors (Lipinski definition) is 5. The van der Waals surface area contributed by atoms with Crippen LogP contribution in [0.5, 0.6) is 0 Å². The number of piperazine rings is 1. The summed E-state index contributed by atoms with van der Waals surface area (Å²) in [4.78, 5) is 50.7. The highest BCUT2D eigenvalue weighted by atomic mass is 35.5. The minimum atomic E-state index is -1.55. The number of hydrogen-bond donors (Lipinski definition) is 0. The van der Waals surface area contributed by atoms with E-state index in [0.29, 0.717) is 36.0 Å². The number of benzene rings is 4. The number of imide groups is 2. The zero-order valence-corrected chi connectivity index (χ0v) is 23.7. The van der Waals surface area contributed by atoms with Crippen molar-refractivity contribution >= 4 is 46.5 Å². The van der Waals surface area contributed by atoms with Gasteiger partial charge in [0.15, 0.2) is 5.41 Å². The summed E-state index contributed by atoms with van der Waals surface area (Å²) in [5.41, 5.74) is 2.29. The molecule has 0 N–H and O–H groups in total. The van der Waals surface area contributed by atoms with Gasteiger partial charge in [0.05, 0.1) is 17.4 Å². The van der Waals surface area contributed by atoms with Gasteiger partial charge in [-0.15, -0.1) is 0 Å². The summed E-state index contributed by atoms with van der Waals surface area (Å²) in [5, 5.41) is 0.600. The van der Waals surface area contributed by atoms with Crippen molar-refractivity contribution in [2.45, 2.75) is 19.0 Å². The molecule has 7 rings (SSSR count). The van der Waals surface area contributed by atoms with E-state index in [2.05, 4.69) is 21.9 Å². The minimum absolute atomic E-state index is 0.164. The van der Waals surface area contributed by atoms with Crippen molar-refractivity contribution in [3.8, 4) is 0 Å². The Hall–Kier alpha value is -4.46. The van der Waals surface area contributed by atoms with E-state index >= 15 is 0 Å². The predicted molar refractivity (Wildman–Crippen MR) is 164 cm³/mol. The van der Waals surface area contributed by atoms with Gasteiger partial charge in [-0.05, 0) is 53.9 Å². The van der Waals surface area contributed by atoms with E-state index in [1.54, 1.807) is 54.6 Å². The Morgan fingerprint density at radius 2 is 1.29 bits per heavy atom. The summed E-state index contributed by atoms with van der Waals surface area (Å²) in [7, 11) is 0. The first-order valence-corrected chi connectivity index (χ1v) is 14.5. The molecule has 1 unspecified atom stereocenters. The molecular weight excluding hydrogens is 548 g/mol. The number of para-hydroxylation sites is 2. The van der Waals surface area contributed by atoms with Crippen LogP contribution in [0.1, 0.15) is 11.1 Å². The van der Waals surface area contributed by atoms with Crippen LogP contribution in [-0.2, 0) is 22.6 Å². The molecule has 2 saturated heterocycles. The highest BCUT2D eigenvalue weighted by Crippen LogP contribution is 2.49. The quantitative estimate of drug-likeness (QED) is 0.289. The first kappa shape index (κ1) is 26.4. The van der Waals surface area contributed by atoms with Gasteiger partial charge in [-0.25, -0.2) is 14.6 Å². The van der Waals surface area contributed by atoms with Crippen molar-refractivity contribution in [3.63, 3.8) is 0 Å². The second-order valence-electron chi connectivity index (χ2n) is 11.1. The van der Waals surface area contributed by atoms with Crippen molar-refractivity contribution in [3.05, 3.63) is 125 Å². The van der Waals surface area contributed by atoms with Crippen LogP contribution >= 0.6 is 11.6 Å². The number of carbonyl (C=O) groups excluding carboxylic acids is 3. The Morgan fingerprint density at radius 3 is 1.88 bits per heavy atom. The molecule has 1 spiro atoms. The van der Waals surface area contributed by atoms with Crippen molar-refractivity contribution in [2.75, 3.05) is 34.3 Å². The first-order valence-electron chi connectivity index (χ1n) is 14.1. The molecule has 0 aliphatic carbocycles. The summed E-state index contributed by atoms with van der Waals surface area (Å²) in [6.45, 7) is 2.52. The Labute approximate surface area is 249 Å². The third-order valence-electron chi connectivity index (χ3n) is 8.69. The lowest BCUT2D eigenvalue weighted by atomic mass is 9.67. The average molecular weight is 577 g/mol. The maximum absolute atomic E-state index is 14.9. The number of carbonyl (C=O) groups is 3. The standard InChI is InChI=1S/C34H29ClN4O3/c35-26-17-16-25-21-34(30-23-36(18-19-37(30)29(25)20-26)22-24-10-4-1-5-11-24)31(40)38(27-12-6-2-7-13-27)33(42)39(32(34)41)28-14-8-3-9-15-28/h1-17,20,30H,18-19,21-23H2. The number of halogens is 1. The van der Waals surface area contributed by atoms with Crippen LogP contribution in [0.3, 0.4) is 0 Å². The molecule has 42 heavy (non-hydrogen) atoms. The number of barbiturate groups is 1. The number of fused-ring (bicyclic) bond motifs is 4. The molecule has 0 saturated carbocycles. The van der Waals surface area contributed by atoms with E-state index < -0.39 is 29.3 Å². The molecule has 3 aliphatic rings. The van der Waals surface area contributed by atoms with Crippen LogP contribution < -0.4 is 14.7 Å². The third kappa shape index (κ3) is 4.19. The predicted octanol–water partition coefficient (Wildman–Crippen LogP) is 5.77. The van der Waals surface area contributed by atoms with Gasteiger partial charge in [0.2, 0.25) is 0 Å². The Kier molecular flexibility index (Phi) is 6.56. The number of anilines is 3. The fourth-order valence-corrected chi connectivity index (χ4v) is 6.88. The van der Waals surface area contributed by atoms with Crippen LogP contribution in [0.15, 0.2) is 109 Å². The molecule has 4 aromatic rings. The van der Waals surface area contributed by atoms with Gasteiger partial charge in [-0.3, -0.25) is 14.5 Å². The minimum Gasteiger partial charge on any atom is -0.364 e. The smallest absolute Gasteiger partial charge is 0.342 e. The van der Waals surface area contributed by atoms with Gasteiger partial charge in [-0.1, -0.05) is 84.4 Å². The lowest BCUT2D eigenvalue weighted by Crippen LogP contribution is -2.76. The van der Waals surface area contributed by atoms with Crippen LogP contribution in [0.25, 0.3) is 0 Å². The maximum Gasteiger partial charge on any atom is 0.342 e. The van der Waals surface area contributed by atoms with Crippen LogP contribution in [0, 0.1) is 5.41 Å². The van der Waals surface area contributed by atoms with E-state index in [0.717, 1.165) is 23.4 Å². The largest absolute Gasteiger partial charge is 0.364 e. The first-order chi connectivity index (χ1) is 20.5. The Balaban J connectivity index is 1.40. The lowest BCUT2D eigenvalue weighted by molar-refractivity contribution is -0.143. The monoisotopic (exact) mass is 576 g/mol. The molecule has 4 amide bonds. The number of amides is 4. The maximum atomic E-state index is 14.9. The fraction of sp³-hybridized carbons (Fsp3) is 0.206. The number of urea groups is 1. The van der Waals surface area contributed by atoms with Crippen molar-refractivity contribution in [1.29, 1.82) is 0 Å². The summed E-state index contributed by atoms with van der Waals surface area (Å²) in [6, 6.07) is 32.4. The number of nitrogens with zero attached hydrogens (tertiary/aromatic N) is 4. The zero-order valence-electron chi connectivity index (χ0n) is 22.9. The molecule has 3 heterocycles. The molecule has 4 aromatic carbocycles. The molecule has 2 fully saturated rings. The molecule has 7 nitrogen and oxygen atoms in total. The topological polar surface area (TPSA) is 64.2 Å². The molecule has 0 radical (unpaired) electrons. The zero-order chi connectivity index (χ0) is 28.8. The fourth-order valence-electron chi connectivity index (χ4n) is 6.72. The van der Waals surface area contributed by atoms with E-state index in [9.17, 15) is 14.4 Å². The average Bonchev–Trinajstić information content (AvgIpc) is 3.02. The molecule has 0 aromatic heterocycles. The molecule has 0 bridgehead atoms. The van der Waals surface area contributed by atoms with E-state index in [1.165, 1.54) is 9.80 Å². The third-order valence-corrected chi connectivity index (χ3v) is 8.92. The summed E-state index contributed by atoms with van der Waals surface area (Å²) >= 11 is 6.47. The molecular formula is C34H29ClN4O3. The van der Waals surface area contributed by atoms with Gasteiger partial charge in [0, 0.05) is 36.9 Å². The highest BCUT2D eigenvalue weighted by Gasteiger charge is 2.65. The van der Waals surface area contributed by atoms with E-state index in [4.69, 9.17) is 11.6 Å². The van der Waals surface area contributed by atoms with Crippen LogP contribution in [-0.4, -0.2) is 48.4 Å². The van der Waals surface area contributed by atoms with Crippen LogP contribution in [0.4, 0.5) is 21.9 Å². The second kappa shape index (κ2) is 10.4. The molecule has 3 aliphatic heterocycles. The van der Waals surface area contributed by atoms with Crippen molar-refractivity contribution < 1.29 is 14.4 Å². The number of rotatable bonds is 4. The van der Waals surface area contributed by atoms with Gasteiger partial charge < -0.3 is 4.90 Å². The summed E-state index contributed by atoms with van der Waals surface area (Å²) in [5.74, 6) is -0.985. The van der Waals surface area contributed by atoms with Crippen molar-refractivity contribution in [2.24, 2.45) is 5.41 Å². The second-order valence-corrected chi connectivity index (χ2v) is 11.5. The SMILES string of the molecule is O=C1N(c2ccccc2)C(=O)C2(Cc3ccc(Cl)cc3N3CCN(Cc4ccccc4)CC32)C(=O)N1c1ccccc1. The van der Waals surface area contributed by atoms with E-state index in [1.807, 2.05) is 42.5 Å². The van der Waals surface area contributed by atoms with Gasteiger partial charge in [-0.2, -0.15) is 0 Å². The van der Waals surface area contributed by atoms with Gasteiger partial charge in [0.1, 0.15) is 0 Å².